The minimum absolute atomic E-state index is 0.125. The van der Waals surface area contributed by atoms with Crippen LogP contribution in [0.2, 0.25) is 0 Å². The molecule has 0 spiro atoms. The quantitative estimate of drug-likeness (QED) is 0.717. The molecule has 1 aromatic carbocycles. The zero-order chi connectivity index (χ0) is 12.0. The van der Waals surface area contributed by atoms with Gasteiger partial charge in [0.2, 0.25) is 0 Å². The Kier molecular flexibility index (Phi) is 4.92. The SMILES string of the molecule is CCOCCN(C)C(=O)c1ccc(F)cc1. The maximum absolute atomic E-state index is 12.7. The minimum Gasteiger partial charge on any atom is -0.380 e. The van der Waals surface area contributed by atoms with Crippen LogP contribution in [0.15, 0.2) is 24.3 Å². The first-order valence-electron chi connectivity index (χ1n) is 5.24. The van der Waals surface area contributed by atoms with Crippen molar-refractivity contribution in [2.45, 2.75) is 6.92 Å². The van der Waals surface area contributed by atoms with Crippen LogP contribution in [0.1, 0.15) is 17.3 Å². The number of carbonyl (C=O) groups is 1. The summed E-state index contributed by atoms with van der Waals surface area (Å²) >= 11 is 0. The summed E-state index contributed by atoms with van der Waals surface area (Å²) in [4.78, 5) is 13.4. The van der Waals surface area contributed by atoms with E-state index in [9.17, 15) is 9.18 Å². The number of likely N-dealkylation sites (N-methyl/N-ethyl adjacent to an activating group) is 1. The molecule has 0 radical (unpaired) electrons. The van der Waals surface area contributed by atoms with Gasteiger partial charge in [-0.2, -0.15) is 0 Å². The predicted octanol–water partition coefficient (Wildman–Crippen LogP) is 1.93. The molecular formula is C12H16FNO2. The average Bonchev–Trinajstić information content (AvgIpc) is 2.29. The molecule has 0 atom stereocenters. The van der Waals surface area contributed by atoms with Gasteiger partial charge in [-0.1, -0.05) is 0 Å². The third-order valence-corrected chi connectivity index (χ3v) is 2.21. The van der Waals surface area contributed by atoms with E-state index < -0.39 is 0 Å². The van der Waals surface area contributed by atoms with E-state index in [4.69, 9.17) is 4.74 Å². The lowest BCUT2D eigenvalue weighted by Crippen LogP contribution is -2.30. The van der Waals surface area contributed by atoms with Crippen LogP contribution in [-0.4, -0.2) is 37.6 Å². The standard InChI is InChI=1S/C12H16FNO2/c1-3-16-9-8-14(2)12(15)10-4-6-11(13)7-5-10/h4-7H,3,8-9H2,1-2H3. The van der Waals surface area contributed by atoms with Gasteiger partial charge in [-0.15, -0.1) is 0 Å². The summed E-state index contributed by atoms with van der Waals surface area (Å²) in [5, 5.41) is 0. The number of benzene rings is 1. The van der Waals surface area contributed by atoms with Gasteiger partial charge in [0.15, 0.2) is 0 Å². The van der Waals surface area contributed by atoms with Crippen LogP contribution in [0.25, 0.3) is 0 Å². The largest absolute Gasteiger partial charge is 0.380 e. The Balaban J connectivity index is 2.53. The maximum atomic E-state index is 12.7. The second-order valence-corrected chi connectivity index (χ2v) is 3.43. The van der Waals surface area contributed by atoms with Crippen molar-refractivity contribution in [3.8, 4) is 0 Å². The monoisotopic (exact) mass is 225 g/mol. The number of rotatable bonds is 5. The highest BCUT2D eigenvalue weighted by molar-refractivity contribution is 5.93. The first-order chi connectivity index (χ1) is 7.65. The van der Waals surface area contributed by atoms with Gasteiger partial charge < -0.3 is 9.64 Å². The number of carbonyl (C=O) groups excluding carboxylic acids is 1. The van der Waals surface area contributed by atoms with Crippen LogP contribution in [0, 0.1) is 5.82 Å². The van der Waals surface area contributed by atoms with Crippen molar-refractivity contribution in [1.29, 1.82) is 0 Å². The van der Waals surface area contributed by atoms with E-state index in [0.29, 0.717) is 25.3 Å². The summed E-state index contributed by atoms with van der Waals surface area (Å²) in [6.45, 7) is 3.59. The molecule has 0 aliphatic rings. The van der Waals surface area contributed by atoms with Gasteiger partial charge >= 0.3 is 0 Å². The van der Waals surface area contributed by atoms with E-state index >= 15 is 0 Å². The number of nitrogens with zero attached hydrogens (tertiary/aromatic N) is 1. The van der Waals surface area contributed by atoms with E-state index in [-0.39, 0.29) is 11.7 Å². The number of amides is 1. The number of ether oxygens (including phenoxy) is 1. The van der Waals surface area contributed by atoms with Gasteiger partial charge in [0.05, 0.1) is 6.61 Å². The molecule has 0 saturated carbocycles. The van der Waals surface area contributed by atoms with Crippen molar-refractivity contribution in [2.75, 3.05) is 26.8 Å². The van der Waals surface area contributed by atoms with E-state index in [1.807, 2.05) is 6.92 Å². The first kappa shape index (κ1) is 12.6. The molecule has 1 aromatic rings. The lowest BCUT2D eigenvalue weighted by Gasteiger charge is -2.16. The third kappa shape index (κ3) is 3.62. The van der Waals surface area contributed by atoms with Gasteiger partial charge in [-0.25, -0.2) is 4.39 Å². The second-order valence-electron chi connectivity index (χ2n) is 3.43. The maximum Gasteiger partial charge on any atom is 0.253 e. The van der Waals surface area contributed by atoms with Crippen molar-refractivity contribution >= 4 is 5.91 Å². The van der Waals surface area contributed by atoms with Crippen molar-refractivity contribution in [1.82, 2.24) is 4.90 Å². The van der Waals surface area contributed by atoms with Crippen molar-refractivity contribution in [3.05, 3.63) is 35.6 Å². The Morgan fingerprint density at radius 2 is 2.00 bits per heavy atom. The summed E-state index contributed by atoms with van der Waals surface area (Å²) in [5.74, 6) is -0.465. The number of halogens is 1. The van der Waals surface area contributed by atoms with E-state index in [0.717, 1.165) is 0 Å². The fraction of sp³-hybridized carbons (Fsp3) is 0.417. The lowest BCUT2D eigenvalue weighted by atomic mass is 10.2. The normalized spacial score (nSPS) is 10.2. The molecule has 0 aromatic heterocycles. The summed E-state index contributed by atoms with van der Waals surface area (Å²) in [6.07, 6.45) is 0. The molecule has 0 aliphatic carbocycles. The highest BCUT2D eigenvalue weighted by Gasteiger charge is 2.10. The van der Waals surface area contributed by atoms with E-state index in [2.05, 4.69) is 0 Å². The zero-order valence-electron chi connectivity index (χ0n) is 9.57. The third-order valence-electron chi connectivity index (χ3n) is 2.21. The van der Waals surface area contributed by atoms with Crippen molar-refractivity contribution in [2.24, 2.45) is 0 Å². The fourth-order valence-electron chi connectivity index (χ4n) is 1.26. The molecule has 16 heavy (non-hydrogen) atoms. The molecule has 0 saturated heterocycles. The van der Waals surface area contributed by atoms with Crippen LogP contribution >= 0.6 is 0 Å². The van der Waals surface area contributed by atoms with Crippen molar-refractivity contribution in [3.63, 3.8) is 0 Å². The molecule has 1 rings (SSSR count). The lowest BCUT2D eigenvalue weighted by molar-refractivity contribution is 0.0710. The van der Waals surface area contributed by atoms with Crippen LogP contribution in [0.4, 0.5) is 4.39 Å². The van der Waals surface area contributed by atoms with Gasteiger partial charge in [0, 0.05) is 25.8 Å². The minimum atomic E-state index is -0.339. The molecule has 0 N–H and O–H groups in total. The molecule has 0 unspecified atom stereocenters. The van der Waals surface area contributed by atoms with Crippen molar-refractivity contribution < 1.29 is 13.9 Å². The van der Waals surface area contributed by atoms with Crippen LogP contribution in [-0.2, 0) is 4.74 Å². The number of hydrogen-bond acceptors (Lipinski definition) is 2. The van der Waals surface area contributed by atoms with E-state index in [1.165, 1.54) is 24.3 Å². The van der Waals surface area contributed by atoms with Gasteiger partial charge in [-0.3, -0.25) is 4.79 Å². The van der Waals surface area contributed by atoms with Crippen LogP contribution in [0.3, 0.4) is 0 Å². The summed E-state index contributed by atoms with van der Waals surface area (Å²) in [5.41, 5.74) is 0.486. The van der Waals surface area contributed by atoms with Gasteiger partial charge in [0.25, 0.3) is 5.91 Å². The second kappa shape index (κ2) is 6.23. The molecule has 88 valence electrons. The molecule has 0 heterocycles. The fourth-order valence-corrected chi connectivity index (χ4v) is 1.26. The Bertz CT molecular complexity index is 337. The van der Waals surface area contributed by atoms with Gasteiger partial charge in [-0.05, 0) is 31.2 Å². The summed E-state index contributed by atoms with van der Waals surface area (Å²) in [7, 11) is 1.70. The Hall–Kier alpha value is -1.42. The van der Waals surface area contributed by atoms with E-state index in [1.54, 1.807) is 11.9 Å². The molecule has 4 heteroatoms. The Morgan fingerprint density at radius 3 is 2.56 bits per heavy atom. The smallest absolute Gasteiger partial charge is 0.253 e. The molecule has 0 bridgehead atoms. The first-order valence-corrected chi connectivity index (χ1v) is 5.24. The summed E-state index contributed by atoms with van der Waals surface area (Å²) < 4.78 is 17.8. The molecule has 0 fully saturated rings. The van der Waals surface area contributed by atoms with Crippen LogP contribution in [0.5, 0.6) is 0 Å². The Morgan fingerprint density at radius 1 is 1.38 bits per heavy atom. The average molecular weight is 225 g/mol. The highest BCUT2D eigenvalue weighted by atomic mass is 19.1. The number of hydrogen-bond donors (Lipinski definition) is 0. The van der Waals surface area contributed by atoms with Gasteiger partial charge in [0.1, 0.15) is 5.82 Å². The molecule has 0 aliphatic heterocycles. The molecular weight excluding hydrogens is 209 g/mol. The highest BCUT2D eigenvalue weighted by Crippen LogP contribution is 2.05. The Labute approximate surface area is 94.8 Å². The molecule has 1 amide bonds. The summed E-state index contributed by atoms with van der Waals surface area (Å²) in [6, 6.07) is 5.52. The predicted molar refractivity (Wildman–Crippen MR) is 59.9 cm³/mol. The zero-order valence-corrected chi connectivity index (χ0v) is 9.57. The topological polar surface area (TPSA) is 29.5 Å². The van der Waals surface area contributed by atoms with Crippen LogP contribution < -0.4 is 0 Å². The molecule has 3 nitrogen and oxygen atoms in total.